The zero-order valence-electron chi connectivity index (χ0n) is 12.0. The Hall–Kier alpha value is -1.53. The summed E-state index contributed by atoms with van der Waals surface area (Å²) in [4.78, 5) is 23.6. The molecule has 1 aliphatic heterocycles. The third-order valence-electron chi connectivity index (χ3n) is 3.51. The Bertz CT molecular complexity index is 534. The molecule has 0 unspecified atom stereocenters. The van der Waals surface area contributed by atoms with Crippen molar-refractivity contribution in [2.45, 2.75) is 31.7 Å². The monoisotopic (exact) mass is 332 g/mol. The second-order valence-corrected chi connectivity index (χ2v) is 5.14. The molecule has 4 nitrogen and oxygen atoms in total. The number of hydrogen-bond acceptors (Lipinski definition) is 3. The van der Waals surface area contributed by atoms with Crippen LogP contribution >= 0.6 is 12.4 Å². The predicted molar refractivity (Wildman–Crippen MR) is 81.2 cm³/mol. The molecule has 0 radical (unpaired) electrons. The van der Waals surface area contributed by atoms with Crippen molar-refractivity contribution in [2.75, 3.05) is 13.1 Å². The lowest BCUT2D eigenvalue weighted by molar-refractivity contribution is -0.121. The van der Waals surface area contributed by atoms with Gasteiger partial charge >= 0.3 is 0 Å². The molecule has 0 atom stereocenters. The van der Waals surface area contributed by atoms with Crippen LogP contribution in [-0.2, 0) is 4.79 Å². The van der Waals surface area contributed by atoms with Crippen LogP contribution in [0.2, 0.25) is 0 Å². The zero-order chi connectivity index (χ0) is 15.2. The van der Waals surface area contributed by atoms with Gasteiger partial charge in [-0.1, -0.05) is 0 Å². The number of rotatable bonds is 5. The van der Waals surface area contributed by atoms with E-state index < -0.39 is 17.4 Å². The van der Waals surface area contributed by atoms with Crippen LogP contribution in [0.3, 0.4) is 0 Å². The number of carbonyl (C=O) groups is 2. The van der Waals surface area contributed by atoms with E-state index in [0.717, 1.165) is 38.1 Å². The van der Waals surface area contributed by atoms with Crippen molar-refractivity contribution in [3.63, 3.8) is 0 Å². The summed E-state index contributed by atoms with van der Waals surface area (Å²) in [5, 5.41) is 6.06. The molecule has 1 saturated heterocycles. The van der Waals surface area contributed by atoms with Gasteiger partial charge in [0.05, 0.1) is 5.56 Å². The van der Waals surface area contributed by atoms with Crippen LogP contribution in [0.25, 0.3) is 0 Å². The molecule has 1 aromatic carbocycles. The fourth-order valence-corrected chi connectivity index (χ4v) is 2.34. The van der Waals surface area contributed by atoms with Crippen LogP contribution in [0, 0.1) is 11.6 Å². The Morgan fingerprint density at radius 3 is 2.50 bits per heavy atom. The van der Waals surface area contributed by atoms with E-state index >= 15 is 0 Å². The van der Waals surface area contributed by atoms with Gasteiger partial charge in [0.1, 0.15) is 11.6 Å². The molecule has 0 aliphatic carbocycles. The van der Waals surface area contributed by atoms with Gasteiger partial charge in [-0.05, 0) is 38.1 Å². The van der Waals surface area contributed by atoms with Crippen molar-refractivity contribution < 1.29 is 18.4 Å². The maximum Gasteiger partial charge on any atom is 0.220 e. The molecule has 0 aromatic heterocycles. The van der Waals surface area contributed by atoms with E-state index in [0.29, 0.717) is 6.07 Å². The first-order valence-corrected chi connectivity index (χ1v) is 7.04. The van der Waals surface area contributed by atoms with E-state index in [1.165, 1.54) is 0 Å². The van der Waals surface area contributed by atoms with Crippen molar-refractivity contribution in [1.29, 1.82) is 0 Å². The molecule has 0 spiro atoms. The lowest BCUT2D eigenvalue weighted by Crippen LogP contribution is -2.42. The van der Waals surface area contributed by atoms with Crippen molar-refractivity contribution >= 4 is 24.1 Å². The number of amides is 1. The summed E-state index contributed by atoms with van der Waals surface area (Å²) in [5.74, 6) is -2.32. The lowest BCUT2D eigenvalue weighted by Gasteiger charge is -2.23. The molecule has 1 fully saturated rings. The summed E-state index contributed by atoms with van der Waals surface area (Å²) >= 11 is 0. The van der Waals surface area contributed by atoms with Crippen LogP contribution in [0.4, 0.5) is 8.78 Å². The largest absolute Gasteiger partial charge is 0.353 e. The van der Waals surface area contributed by atoms with Gasteiger partial charge in [0.15, 0.2) is 5.78 Å². The molecule has 0 bridgehead atoms. The Morgan fingerprint density at radius 1 is 1.18 bits per heavy atom. The van der Waals surface area contributed by atoms with E-state index in [2.05, 4.69) is 10.6 Å². The van der Waals surface area contributed by atoms with E-state index in [1.807, 2.05) is 0 Å². The third-order valence-corrected chi connectivity index (χ3v) is 3.51. The van der Waals surface area contributed by atoms with Crippen LogP contribution in [0.15, 0.2) is 18.2 Å². The quantitative estimate of drug-likeness (QED) is 0.813. The van der Waals surface area contributed by atoms with Gasteiger partial charge in [0.2, 0.25) is 5.91 Å². The first-order chi connectivity index (χ1) is 10.1. The standard InChI is InChI=1S/C15H18F2N2O2.ClH/c16-10-1-2-12(13(17)9-10)14(20)3-4-15(21)19-11-5-7-18-8-6-11;/h1-2,9,11,18H,3-8H2,(H,19,21);1H. The average Bonchev–Trinajstić information content (AvgIpc) is 2.46. The number of ketones is 1. The predicted octanol–water partition coefficient (Wildman–Crippen LogP) is 2.22. The van der Waals surface area contributed by atoms with Gasteiger partial charge in [-0.3, -0.25) is 9.59 Å². The number of nitrogens with one attached hydrogen (secondary N) is 2. The summed E-state index contributed by atoms with van der Waals surface area (Å²) in [5.41, 5.74) is -0.175. The van der Waals surface area contributed by atoms with Crippen molar-refractivity contribution in [1.82, 2.24) is 10.6 Å². The molecule has 7 heteroatoms. The maximum absolute atomic E-state index is 13.4. The molecule has 1 aromatic rings. The van der Waals surface area contributed by atoms with Gasteiger partial charge in [-0.15, -0.1) is 12.4 Å². The first-order valence-electron chi connectivity index (χ1n) is 7.04. The molecule has 122 valence electrons. The van der Waals surface area contributed by atoms with Gasteiger partial charge in [-0.25, -0.2) is 8.78 Å². The molecular formula is C15H19ClF2N2O2. The highest BCUT2D eigenvalue weighted by atomic mass is 35.5. The molecule has 1 heterocycles. The topological polar surface area (TPSA) is 58.2 Å². The molecule has 2 rings (SSSR count). The molecular weight excluding hydrogens is 314 g/mol. The Balaban J connectivity index is 0.00000242. The smallest absolute Gasteiger partial charge is 0.220 e. The molecule has 1 aliphatic rings. The zero-order valence-corrected chi connectivity index (χ0v) is 12.8. The second-order valence-electron chi connectivity index (χ2n) is 5.14. The number of carbonyl (C=O) groups excluding carboxylic acids is 2. The SMILES string of the molecule is Cl.O=C(CCC(=O)c1ccc(F)cc1F)NC1CCNCC1. The normalized spacial score (nSPS) is 15.0. The lowest BCUT2D eigenvalue weighted by atomic mass is 10.0. The van der Waals surface area contributed by atoms with Crippen LogP contribution in [0.5, 0.6) is 0 Å². The number of hydrogen-bond donors (Lipinski definition) is 2. The first kappa shape index (κ1) is 18.5. The highest BCUT2D eigenvalue weighted by Crippen LogP contribution is 2.13. The second kappa shape index (κ2) is 8.80. The molecule has 0 saturated carbocycles. The van der Waals surface area contributed by atoms with E-state index in [4.69, 9.17) is 0 Å². The average molecular weight is 333 g/mol. The molecule has 22 heavy (non-hydrogen) atoms. The highest BCUT2D eigenvalue weighted by Gasteiger charge is 2.17. The van der Waals surface area contributed by atoms with E-state index in [9.17, 15) is 18.4 Å². The van der Waals surface area contributed by atoms with Crippen LogP contribution in [0.1, 0.15) is 36.0 Å². The summed E-state index contributed by atoms with van der Waals surface area (Å²) in [6, 6.07) is 2.95. The van der Waals surface area contributed by atoms with Gasteiger partial charge in [0, 0.05) is 24.9 Å². The van der Waals surface area contributed by atoms with Gasteiger partial charge < -0.3 is 10.6 Å². The van der Waals surface area contributed by atoms with Crippen molar-refractivity contribution in [3.05, 3.63) is 35.4 Å². The van der Waals surface area contributed by atoms with Crippen LogP contribution in [-0.4, -0.2) is 30.8 Å². The summed E-state index contributed by atoms with van der Waals surface area (Å²) in [6.45, 7) is 1.73. The van der Waals surface area contributed by atoms with Crippen molar-refractivity contribution in [2.24, 2.45) is 0 Å². The fraction of sp³-hybridized carbons (Fsp3) is 0.467. The van der Waals surface area contributed by atoms with Crippen LogP contribution < -0.4 is 10.6 Å². The highest BCUT2D eigenvalue weighted by molar-refractivity contribution is 5.98. The number of halogens is 3. The summed E-state index contributed by atoms with van der Waals surface area (Å²) in [6.07, 6.45) is 1.66. The Morgan fingerprint density at radius 2 is 1.86 bits per heavy atom. The van der Waals surface area contributed by atoms with E-state index in [-0.39, 0.29) is 42.8 Å². The summed E-state index contributed by atoms with van der Waals surface area (Å²) < 4.78 is 26.2. The fourth-order valence-electron chi connectivity index (χ4n) is 2.34. The van der Waals surface area contributed by atoms with Gasteiger partial charge in [0.25, 0.3) is 0 Å². The van der Waals surface area contributed by atoms with E-state index in [1.54, 1.807) is 0 Å². The summed E-state index contributed by atoms with van der Waals surface area (Å²) in [7, 11) is 0. The Kier molecular flexibility index (Phi) is 7.41. The minimum atomic E-state index is -0.890. The maximum atomic E-state index is 13.4. The Labute approximate surface area is 134 Å². The number of benzene rings is 1. The number of Topliss-reactive ketones (excluding diaryl/α,β-unsaturated/α-hetero) is 1. The molecule has 2 N–H and O–H groups in total. The minimum absolute atomic E-state index is 0. The van der Waals surface area contributed by atoms with Crippen molar-refractivity contribution in [3.8, 4) is 0 Å². The minimum Gasteiger partial charge on any atom is -0.353 e. The number of piperidine rings is 1. The van der Waals surface area contributed by atoms with Gasteiger partial charge in [-0.2, -0.15) is 0 Å². The molecule has 1 amide bonds. The third kappa shape index (κ3) is 5.35.